The molecular formula is C23H20N5O4+. The average Bonchev–Trinajstić information content (AvgIpc) is 3.16. The summed E-state index contributed by atoms with van der Waals surface area (Å²) >= 11 is 0. The molecule has 32 heavy (non-hydrogen) atoms. The van der Waals surface area contributed by atoms with Crippen molar-refractivity contribution < 1.29 is 19.5 Å². The Balaban J connectivity index is 1.44. The van der Waals surface area contributed by atoms with Crippen molar-refractivity contribution in [2.24, 2.45) is 5.10 Å². The summed E-state index contributed by atoms with van der Waals surface area (Å²) in [5.74, 6) is -0.399. The number of nitro groups is 1. The van der Waals surface area contributed by atoms with E-state index in [2.05, 4.69) is 15.6 Å². The van der Waals surface area contributed by atoms with Gasteiger partial charge in [-0.3, -0.25) is 4.79 Å². The van der Waals surface area contributed by atoms with Crippen molar-refractivity contribution in [3.63, 3.8) is 0 Å². The third-order valence-electron chi connectivity index (χ3n) is 5.08. The molecule has 0 radical (unpaired) electrons. The van der Waals surface area contributed by atoms with E-state index in [-0.39, 0.29) is 11.6 Å². The van der Waals surface area contributed by atoms with Crippen LogP contribution in [0.1, 0.15) is 27.2 Å². The molecule has 0 saturated heterocycles. The monoisotopic (exact) mass is 430 g/mol. The second kappa shape index (κ2) is 8.68. The number of aromatic amines is 1. The number of hydrogen-bond donors (Lipinski definition) is 3. The minimum Gasteiger partial charge on any atom is -0.507 e. The van der Waals surface area contributed by atoms with Gasteiger partial charge in [-0.2, -0.15) is 5.10 Å². The van der Waals surface area contributed by atoms with Crippen LogP contribution in [0, 0.1) is 17.0 Å². The fraction of sp³-hybridized carbons (Fsp3) is 0.0870. The molecule has 0 spiro atoms. The summed E-state index contributed by atoms with van der Waals surface area (Å²) in [5, 5.41) is 29.5. The van der Waals surface area contributed by atoms with Gasteiger partial charge in [0.25, 0.3) is 5.91 Å². The third kappa shape index (κ3) is 4.31. The smallest absolute Gasteiger partial charge is 0.379 e. The number of nitrogens with zero attached hydrogens (tertiary/aromatic N) is 3. The van der Waals surface area contributed by atoms with E-state index in [1.165, 1.54) is 12.3 Å². The van der Waals surface area contributed by atoms with Crippen molar-refractivity contribution in [1.82, 2.24) is 10.5 Å². The standard InChI is InChI=1S/C23H19N5O4/c1-15-12-22(28(31)32)26-27(15)14-16-6-8-18(9-7-16)23(30)25-24-13-20-19-5-3-2-4-17(19)10-11-21(20)29/h2-13H,14H2,1H3,(H2,24,25,29,30)/p+1. The topological polar surface area (TPSA) is 124 Å². The molecule has 4 rings (SSSR count). The van der Waals surface area contributed by atoms with Gasteiger partial charge >= 0.3 is 5.82 Å². The number of carbonyl (C=O) groups is 1. The van der Waals surface area contributed by atoms with E-state index in [9.17, 15) is 20.0 Å². The van der Waals surface area contributed by atoms with Crippen LogP contribution in [-0.4, -0.2) is 27.3 Å². The molecule has 1 amide bonds. The number of amides is 1. The normalized spacial score (nSPS) is 11.2. The van der Waals surface area contributed by atoms with E-state index in [0.717, 1.165) is 22.0 Å². The second-order valence-corrected chi connectivity index (χ2v) is 7.24. The van der Waals surface area contributed by atoms with Crippen LogP contribution in [0.5, 0.6) is 5.75 Å². The molecule has 160 valence electrons. The van der Waals surface area contributed by atoms with Gasteiger partial charge < -0.3 is 15.2 Å². The highest BCUT2D eigenvalue weighted by molar-refractivity contribution is 6.03. The van der Waals surface area contributed by atoms with Crippen LogP contribution in [0.4, 0.5) is 5.82 Å². The second-order valence-electron chi connectivity index (χ2n) is 7.24. The van der Waals surface area contributed by atoms with Crippen molar-refractivity contribution in [1.29, 1.82) is 0 Å². The Labute approximate surface area is 182 Å². The first-order valence-electron chi connectivity index (χ1n) is 9.79. The average molecular weight is 430 g/mol. The number of benzene rings is 3. The maximum atomic E-state index is 12.4. The number of carbonyl (C=O) groups excluding carboxylic acids is 1. The summed E-state index contributed by atoms with van der Waals surface area (Å²) in [4.78, 5) is 22.8. The lowest BCUT2D eigenvalue weighted by Gasteiger charge is -2.05. The zero-order chi connectivity index (χ0) is 22.7. The van der Waals surface area contributed by atoms with Crippen molar-refractivity contribution >= 4 is 28.7 Å². The van der Waals surface area contributed by atoms with E-state index < -0.39 is 10.8 Å². The number of aromatic nitrogens is 2. The van der Waals surface area contributed by atoms with Crippen LogP contribution in [0.2, 0.25) is 0 Å². The number of aromatic hydroxyl groups is 1. The highest BCUT2D eigenvalue weighted by atomic mass is 16.6. The summed E-state index contributed by atoms with van der Waals surface area (Å²) in [6.07, 6.45) is 1.42. The Kier molecular flexibility index (Phi) is 5.63. The maximum absolute atomic E-state index is 12.4. The summed E-state index contributed by atoms with van der Waals surface area (Å²) in [7, 11) is 0. The number of hydrazone groups is 1. The highest BCUT2D eigenvalue weighted by Crippen LogP contribution is 2.25. The van der Waals surface area contributed by atoms with E-state index in [1.54, 1.807) is 41.9 Å². The van der Waals surface area contributed by atoms with Crippen LogP contribution in [0.3, 0.4) is 0 Å². The van der Waals surface area contributed by atoms with Crippen LogP contribution >= 0.6 is 0 Å². The number of phenolic OH excluding ortho intramolecular Hbond substituents is 1. The molecule has 3 aromatic carbocycles. The lowest BCUT2D eigenvalue weighted by atomic mass is 10.0. The van der Waals surface area contributed by atoms with Gasteiger partial charge in [-0.15, -0.1) is 0 Å². The Morgan fingerprint density at radius 2 is 1.94 bits per heavy atom. The van der Waals surface area contributed by atoms with E-state index in [0.29, 0.717) is 17.7 Å². The lowest BCUT2D eigenvalue weighted by Crippen LogP contribution is -2.38. The lowest BCUT2D eigenvalue weighted by molar-refractivity contribution is -0.749. The zero-order valence-corrected chi connectivity index (χ0v) is 17.1. The first-order chi connectivity index (χ1) is 15.4. The van der Waals surface area contributed by atoms with Crippen LogP contribution in [-0.2, 0) is 6.54 Å². The minimum absolute atomic E-state index is 0.0726. The fourth-order valence-electron chi connectivity index (χ4n) is 3.38. The first kappa shape index (κ1) is 20.7. The summed E-state index contributed by atoms with van der Waals surface area (Å²) < 4.78 is 1.66. The predicted octanol–water partition coefficient (Wildman–Crippen LogP) is 3.19. The Bertz CT molecular complexity index is 1340. The van der Waals surface area contributed by atoms with Crippen LogP contribution in [0.15, 0.2) is 71.8 Å². The van der Waals surface area contributed by atoms with E-state index >= 15 is 0 Å². The third-order valence-corrected chi connectivity index (χ3v) is 5.08. The highest BCUT2D eigenvalue weighted by Gasteiger charge is 2.20. The minimum atomic E-state index is -0.477. The van der Waals surface area contributed by atoms with E-state index in [4.69, 9.17) is 0 Å². The van der Waals surface area contributed by atoms with Crippen molar-refractivity contribution in [2.45, 2.75) is 13.5 Å². The maximum Gasteiger partial charge on any atom is 0.379 e. The van der Waals surface area contributed by atoms with E-state index in [1.807, 2.05) is 30.3 Å². The number of nitrogens with one attached hydrogen (secondary N) is 2. The molecular weight excluding hydrogens is 410 g/mol. The molecule has 0 unspecified atom stereocenters. The molecule has 0 aliphatic heterocycles. The van der Waals surface area contributed by atoms with Gasteiger partial charge in [0.15, 0.2) is 0 Å². The van der Waals surface area contributed by atoms with Crippen LogP contribution in [0.25, 0.3) is 10.8 Å². The molecule has 4 aromatic rings. The summed E-state index contributed by atoms with van der Waals surface area (Å²) in [6.45, 7) is 2.18. The summed E-state index contributed by atoms with van der Waals surface area (Å²) in [6, 6.07) is 19.3. The van der Waals surface area contributed by atoms with Crippen molar-refractivity contribution in [3.8, 4) is 5.75 Å². The number of H-pyrrole nitrogens is 1. The van der Waals surface area contributed by atoms with Gasteiger partial charge in [-0.1, -0.05) is 42.5 Å². The van der Waals surface area contributed by atoms with Gasteiger partial charge in [-0.25, -0.2) is 5.43 Å². The molecule has 1 aromatic heterocycles. The number of phenols is 1. The van der Waals surface area contributed by atoms with Gasteiger partial charge in [0.05, 0.1) is 6.21 Å². The molecule has 0 bridgehead atoms. The molecule has 3 N–H and O–H groups in total. The Morgan fingerprint density at radius 3 is 2.66 bits per heavy atom. The molecule has 0 aliphatic rings. The number of rotatable bonds is 6. The quantitative estimate of drug-likeness (QED) is 0.188. The molecule has 0 saturated carbocycles. The van der Waals surface area contributed by atoms with Crippen molar-refractivity contribution in [2.75, 3.05) is 0 Å². The predicted molar refractivity (Wildman–Crippen MR) is 119 cm³/mol. The SMILES string of the molecule is Cc1cc([N+](=O)[O-])[nH][n+]1Cc1ccc(C(=O)N/N=C/c2c(O)ccc3ccccc23)cc1. The van der Waals surface area contributed by atoms with Gasteiger partial charge in [-0.05, 0) is 43.7 Å². The molecule has 0 fully saturated rings. The largest absolute Gasteiger partial charge is 0.507 e. The molecule has 0 atom stereocenters. The zero-order valence-electron chi connectivity index (χ0n) is 17.1. The van der Waals surface area contributed by atoms with Gasteiger partial charge in [0.2, 0.25) is 12.2 Å². The Hall–Kier alpha value is -4.53. The molecule has 1 heterocycles. The van der Waals surface area contributed by atoms with Gasteiger partial charge in [0, 0.05) is 23.6 Å². The number of aryl methyl sites for hydroxylation is 1. The Morgan fingerprint density at radius 1 is 1.19 bits per heavy atom. The molecule has 9 heteroatoms. The fourth-order valence-corrected chi connectivity index (χ4v) is 3.38. The van der Waals surface area contributed by atoms with Crippen molar-refractivity contribution in [3.05, 3.63) is 99.2 Å². The number of fused-ring (bicyclic) bond motifs is 1. The molecule has 0 aliphatic carbocycles. The summed E-state index contributed by atoms with van der Waals surface area (Å²) in [5.41, 5.74) is 4.99. The van der Waals surface area contributed by atoms with Gasteiger partial charge in [0.1, 0.15) is 11.8 Å². The van der Waals surface area contributed by atoms with Crippen LogP contribution < -0.4 is 10.1 Å². The number of hydrogen-bond acceptors (Lipinski definition) is 5. The molecule has 9 nitrogen and oxygen atoms in total. The first-order valence-corrected chi connectivity index (χ1v) is 9.79.